The molecule has 2 saturated heterocycles. The molecular formula is C20H20ClFN4O2. The van der Waals surface area contributed by atoms with Crippen LogP contribution in [0.5, 0.6) is 5.75 Å². The van der Waals surface area contributed by atoms with Gasteiger partial charge in [0.2, 0.25) is 0 Å². The predicted molar refractivity (Wildman–Crippen MR) is 103 cm³/mol. The van der Waals surface area contributed by atoms with Crippen molar-refractivity contribution >= 4 is 23.3 Å². The van der Waals surface area contributed by atoms with Crippen LogP contribution in [0.25, 0.3) is 0 Å². The number of hydrogen-bond donors (Lipinski definition) is 0. The van der Waals surface area contributed by atoms with Crippen molar-refractivity contribution in [1.82, 2.24) is 14.8 Å². The smallest absolute Gasteiger partial charge is 0.324 e. The van der Waals surface area contributed by atoms with Crippen LogP contribution in [0.15, 0.2) is 36.5 Å². The van der Waals surface area contributed by atoms with Crippen molar-refractivity contribution in [2.75, 3.05) is 44.2 Å². The largest absolute Gasteiger partial charge is 0.489 e. The molecule has 0 atom stereocenters. The van der Waals surface area contributed by atoms with E-state index in [0.717, 1.165) is 37.6 Å². The molecule has 0 radical (unpaired) electrons. The first kappa shape index (κ1) is 17.7. The lowest BCUT2D eigenvalue weighted by Gasteiger charge is -2.60. The Morgan fingerprint density at radius 1 is 1.21 bits per heavy atom. The predicted octanol–water partition coefficient (Wildman–Crippen LogP) is 3.01. The van der Waals surface area contributed by atoms with Crippen LogP contribution in [0.3, 0.4) is 0 Å². The summed E-state index contributed by atoms with van der Waals surface area (Å²) in [6.07, 6.45) is 1.25. The second-order valence-electron chi connectivity index (χ2n) is 7.86. The number of ether oxygens (including phenoxy) is 1. The maximum atomic E-state index is 13.0. The van der Waals surface area contributed by atoms with E-state index < -0.39 is 0 Å². The summed E-state index contributed by atoms with van der Waals surface area (Å²) in [6, 6.07) is 8.55. The van der Waals surface area contributed by atoms with Gasteiger partial charge in [0.05, 0.1) is 24.1 Å². The van der Waals surface area contributed by atoms with Gasteiger partial charge in [-0.2, -0.15) is 0 Å². The lowest BCUT2D eigenvalue weighted by atomic mass is 9.73. The fraction of sp³-hybridized carbons (Fsp3) is 0.400. The minimum Gasteiger partial charge on any atom is -0.489 e. The van der Waals surface area contributed by atoms with Gasteiger partial charge in [-0.3, -0.25) is 14.8 Å². The van der Waals surface area contributed by atoms with Gasteiger partial charge < -0.3 is 9.64 Å². The zero-order chi connectivity index (χ0) is 19.3. The Morgan fingerprint density at radius 2 is 2.04 bits per heavy atom. The van der Waals surface area contributed by atoms with Gasteiger partial charge in [-0.05, 0) is 24.3 Å². The van der Waals surface area contributed by atoms with Crippen LogP contribution in [0.4, 0.5) is 14.9 Å². The average molecular weight is 403 g/mol. The lowest BCUT2D eigenvalue weighted by molar-refractivity contribution is -0.0978. The number of carbonyl (C=O) groups is 1. The maximum Gasteiger partial charge on any atom is 0.324 e. The number of aromatic nitrogens is 1. The van der Waals surface area contributed by atoms with Crippen LogP contribution in [0.1, 0.15) is 5.69 Å². The third-order valence-corrected chi connectivity index (χ3v) is 5.87. The van der Waals surface area contributed by atoms with Gasteiger partial charge in [0.25, 0.3) is 0 Å². The van der Waals surface area contributed by atoms with Crippen LogP contribution in [0.2, 0.25) is 5.02 Å². The van der Waals surface area contributed by atoms with E-state index in [-0.39, 0.29) is 17.3 Å². The molecule has 1 spiro atoms. The summed E-state index contributed by atoms with van der Waals surface area (Å²) in [6.45, 7) is 5.12. The van der Waals surface area contributed by atoms with Gasteiger partial charge in [-0.1, -0.05) is 11.6 Å². The number of fused-ring (bicyclic) bond motifs is 1. The first-order chi connectivity index (χ1) is 13.5. The third kappa shape index (κ3) is 3.08. The molecule has 2 aromatic rings. The molecule has 2 fully saturated rings. The summed E-state index contributed by atoms with van der Waals surface area (Å²) in [4.78, 5) is 23.0. The first-order valence-electron chi connectivity index (χ1n) is 9.33. The molecule has 4 heterocycles. The van der Waals surface area contributed by atoms with E-state index in [1.807, 2.05) is 11.0 Å². The van der Waals surface area contributed by atoms with Crippen molar-refractivity contribution < 1.29 is 13.9 Å². The molecule has 1 aromatic heterocycles. The lowest BCUT2D eigenvalue weighted by Crippen LogP contribution is -2.73. The number of amides is 2. The normalized spacial score (nSPS) is 20.2. The average Bonchev–Trinajstić information content (AvgIpc) is 2.63. The van der Waals surface area contributed by atoms with Gasteiger partial charge in [-0.25, -0.2) is 9.18 Å². The van der Waals surface area contributed by atoms with Gasteiger partial charge in [-0.15, -0.1) is 0 Å². The van der Waals surface area contributed by atoms with Crippen molar-refractivity contribution in [3.63, 3.8) is 0 Å². The van der Waals surface area contributed by atoms with Crippen molar-refractivity contribution in [3.05, 3.63) is 53.1 Å². The SMILES string of the molecule is O=C(N1CC2(CN(Cc3ccc(F)cn3)C2)C1)N1CCOc2cc(Cl)ccc21. The number of pyridine rings is 1. The van der Waals surface area contributed by atoms with Crippen LogP contribution in [0, 0.1) is 11.2 Å². The van der Waals surface area contributed by atoms with E-state index in [0.29, 0.717) is 30.5 Å². The molecule has 6 nitrogen and oxygen atoms in total. The molecule has 2 amide bonds. The molecule has 0 bridgehead atoms. The third-order valence-electron chi connectivity index (χ3n) is 5.63. The molecular weight excluding hydrogens is 383 g/mol. The Kier molecular flexibility index (Phi) is 4.17. The maximum absolute atomic E-state index is 13.0. The molecule has 5 rings (SSSR count). The fourth-order valence-electron chi connectivity index (χ4n) is 4.41. The summed E-state index contributed by atoms with van der Waals surface area (Å²) in [7, 11) is 0. The number of likely N-dealkylation sites (tertiary alicyclic amines) is 2. The molecule has 0 N–H and O–H groups in total. The highest BCUT2D eigenvalue weighted by atomic mass is 35.5. The van der Waals surface area contributed by atoms with Crippen molar-refractivity contribution in [3.8, 4) is 5.75 Å². The summed E-state index contributed by atoms with van der Waals surface area (Å²) in [5.74, 6) is 0.341. The minimum absolute atomic E-state index is 0.0242. The standard InChI is InChI=1S/C20H20ClFN4O2/c21-14-1-4-17-18(7-14)28-6-5-26(17)19(27)25-12-20(13-25)10-24(11-20)9-16-3-2-15(22)8-23-16/h1-4,7-8H,5-6,9-13H2. The Morgan fingerprint density at radius 3 is 2.79 bits per heavy atom. The zero-order valence-electron chi connectivity index (χ0n) is 15.3. The van der Waals surface area contributed by atoms with Crippen LogP contribution in [-0.4, -0.2) is 60.1 Å². The molecule has 3 aliphatic rings. The molecule has 1 aromatic carbocycles. The Bertz CT molecular complexity index is 909. The molecule has 0 aliphatic carbocycles. The summed E-state index contributed by atoms with van der Waals surface area (Å²) in [5, 5.41) is 0.598. The number of rotatable bonds is 2. The van der Waals surface area contributed by atoms with Gasteiger partial charge in [0.15, 0.2) is 0 Å². The van der Waals surface area contributed by atoms with Gasteiger partial charge in [0.1, 0.15) is 18.2 Å². The van der Waals surface area contributed by atoms with E-state index in [2.05, 4.69) is 9.88 Å². The molecule has 28 heavy (non-hydrogen) atoms. The van der Waals surface area contributed by atoms with E-state index in [1.54, 1.807) is 23.1 Å². The minimum atomic E-state index is -0.316. The van der Waals surface area contributed by atoms with E-state index in [1.165, 1.54) is 12.3 Å². The van der Waals surface area contributed by atoms with Gasteiger partial charge >= 0.3 is 6.03 Å². The highest BCUT2D eigenvalue weighted by Crippen LogP contribution is 2.42. The molecule has 146 valence electrons. The van der Waals surface area contributed by atoms with Crippen molar-refractivity contribution in [1.29, 1.82) is 0 Å². The van der Waals surface area contributed by atoms with Crippen LogP contribution in [-0.2, 0) is 6.54 Å². The van der Waals surface area contributed by atoms with E-state index in [4.69, 9.17) is 16.3 Å². The molecule has 0 saturated carbocycles. The van der Waals surface area contributed by atoms with Crippen molar-refractivity contribution in [2.24, 2.45) is 5.41 Å². The number of nitrogens with zero attached hydrogens (tertiary/aromatic N) is 4. The number of anilines is 1. The highest BCUT2D eigenvalue weighted by Gasteiger charge is 2.53. The summed E-state index contributed by atoms with van der Waals surface area (Å²) < 4.78 is 18.6. The monoisotopic (exact) mass is 402 g/mol. The van der Waals surface area contributed by atoms with Crippen molar-refractivity contribution in [2.45, 2.75) is 6.54 Å². The fourth-order valence-corrected chi connectivity index (χ4v) is 4.57. The number of benzene rings is 1. The Balaban J connectivity index is 1.17. The van der Waals surface area contributed by atoms with E-state index >= 15 is 0 Å². The quantitative estimate of drug-likeness (QED) is 0.774. The zero-order valence-corrected chi connectivity index (χ0v) is 16.0. The number of carbonyl (C=O) groups excluding carboxylic acids is 1. The van der Waals surface area contributed by atoms with E-state index in [9.17, 15) is 9.18 Å². The van der Waals surface area contributed by atoms with Crippen LogP contribution >= 0.6 is 11.6 Å². The molecule has 8 heteroatoms. The second kappa shape index (κ2) is 6.60. The number of hydrogen-bond acceptors (Lipinski definition) is 4. The van der Waals surface area contributed by atoms with Crippen LogP contribution < -0.4 is 9.64 Å². The van der Waals surface area contributed by atoms with Gasteiger partial charge in [0, 0.05) is 49.2 Å². The second-order valence-corrected chi connectivity index (χ2v) is 8.30. The summed E-state index contributed by atoms with van der Waals surface area (Å²) in [5.41, 5.74) is 1.83. The molecule has 0 unspecified atom stereocenters. The first-order valence-corrected chi connectivity index (χ1v) is 9.71. The topological polar surface area (TPSA) is 48.9 Å². The number of halogens is 2. The Labute approximate surface area is 167 Å². The molecule has 3 aliphatic heterocycles. The Hall–Kier alpha value is -2.38. The highest BCUT2D eigenvalue weighted by molar-refractivity contribution is 6.30. The summed E-state index contributed by atoms with van der Waals surface area (Å²) >= 11 is 6.03. The number of urea groups is 1.